The molecule has 0 radical (unpaired) electrons. The second-order valence-corrected chi connectivity index (χ2v) is 5.43. The molecule has 0 fully saturated rings. The van der Waals surface area contributed by atoms with Crippen molar-refractivity contribution in [1.29, 1.82) is 0 Å². The van der Waals surface area contributed by atoms with Gasteiger partial charge in [0.1, 0.15) is 17.2 Å². The maximum atomic E-state index is 6.13. The van der Waals surface area contributed by atoms with Crippen LogP contribution in [0.2, 0.25) is 5.15 Å². The molecule has 96 valence electrons. The molecule has 19 heavy (non-hydrogen) atoms. The summed E-state index contributed by atoms with van der Waals surface area (Å²) in [4.78, 5) is 8.34. The number of fused-ring (bicyclic) bond motifs is 1. The molecule has 2 aromatic heterocycles. The lowest BCUT2D eigenvalue weighted by atomic mass is 10.3. The molecule has 0 spiro atoms. The highest BCUT2D eigenvalue weighted by Crippen LogP contribution is 2.29. The summed E-state index contributed by atoms with van der Waals surface area (Å²) in [5, 5.41) is 1.34. The van der Waals surface area contributed by atoms with Gasteiger partial charge < -0.3 is 4.74 Å². The van der Waals surface area contributed by atoms with Gasteiger partial charge in [-0.1, -0.05) is 17.7 Å². The maximum Gasteiger partial charge on any atom is 0.150 e. The molecule has 2 heterocycles. The van der Waals surface area contributed by atoms with Gasteiger partial charge in [0, 0.05) is 15.8 Å². The third-order valence-corrected chi connectivity index (χ3v) is 3.93. The lowest BCUT2D eigenvalue weighted by Crippen LogP contribution is -1.95. The van der Waals surface area contributed by atoms with Crippen LogP contribution in [0.4, 0.5) is 0 Å². The summed E-state index contributed by atoms with van der Waals surface area (Å²) in [6.45, 7) is 0. The van der Waals surface area contributed by atoms with Crippen LogP contribution in [0.25, 0.3) is 16.7 Å². The Labute approximate surface area is 128 Å². The van der Waals surface area contributed by atoms with Crippen molar-refractivity contribution in [1.82, 2.24) is 14.5 Å². The lowest BCUT2D eigenvalue weighted by Gasteiger charge is -2.06. The summed E-state index contributed by atoms with van der Waals surface area (Å²) in [6, 6.07) is 7.79. The molecule has 0 N–H and O–H groups in total. The Balaban J connectivity index is 2.28. The first-order valence-electron chi connectivity index (χ1n) is 5.52. The number of hydrogen-bond donors (Lipinski definition) is 0. The summed E-state index contributed by atoms with van der Waals surface area (Å²) in [5.41, 5.74) is 1.76. The first kappa shape index (κ1) is 12.7. The molecule has 1 aromatic carbocycles. The van der Waals surface area contributed by atoms with E-state index in [0.717, 1.165) is 26.0 Å². The van der Waals surface area contributed by atoms with Crippen LogP contribution < -0.4 is 4.74 Å². The quantitative estimate of drug-likeness (QED) is 0.499. The van der Waals surface area contributed by atoms with Gasteiger partial charge in [-0.2, -0.15) is 0 Å². The molecule has 0 saturated heterocycles. The largest absolute Gasteiger partial charge is 0.497 e. The van der Waals surface area contributed by atoms with E-state index >= 15 is 0 Å². The van der Waals surface area contributed by atoms with Crippen LogP contribution in [-0.2, 0) is 0 Å². The summed E-state index contributed by atoms with van der Waals surface area (Å²) in [6.07, 6.45) is 3.46. The lowest BCUT2D eigenvalue weighted by molar-refractivity contribution is 0.414. The second kappa shape index (κ2) is 4.97. The maximum absolute atomic E-state index is 6.13. The molecule has 0 bridgehead atoms. The Morgan fingerprint density at radius 3 is 2.95 bits per heavy atom. The number of nitrogens with zero attached hydrogens (tertiary/aromatic N) is 3. The van der Waals surface area contributed by atoms with E-state index in [1.807, 2.05) is 35.0 Å². The van der Waals surface area contributed by atoms with Crippen molar-refractivity contribution in [2.45, 2.75) is 0 Å². The monoisotopic (exact) mass is 385 g/mol. The van der Waals surface area contributed by atoms with Gasteiger partial charge in [0.2, 0.25) is 0 Å². The van der Waals surface area contributed by atoms with Crippen molar-refractivity contribution in [3.05, 3.63) is 45.5 Å². The predicted octanol–water partition coefficient (Wildman–Crippen LogP) is 3.69. The molecular weight excluding hydrogens is 377 g/mol. The van der Waals surface area contributed by atoms with Gasteiger partial charge in [0.15, 0.2) is 5.65 Å². The van der Waals surface area contributed by atoms with E-state index in [1.165, 1.54) is 6.33 Å². The Morgan fingerprint density at radius 1 is 1.32 bits per heavy atom. The van der Waals surface area contributed by atoms with Crippen LogP contribution in [-0.4, -0.2) is 21.6 Å². The fourth-order valence-electron chi connectivity index (χ4n) is 1.94. The standard InChI is InChI=1S/C13H9ClIN3O/c1-19-9-4-2-3-8(5-9)18-6-10(15)11-12(14)16-7-17-13(11)18/h2-7H,1H3. The number of halogens is 2. The fourth-order valence-corrected chi connectivity index (χ4v) is 3.10. The van der Waals surface area contributed by atoms with Crippen LogP contribution in [0.1, 0.15) is 0 Å². The molecule has 0 amide bonds. The zero-order valence-electron chi connectivity index (χ0n) is 9.97. The van der Waals surface area contributed by atoms with Gasteiger partial charge in [-0.05, 0) is 34.7 Å². The van der Waals surface area contributed by atoms with Crippen molar-refractivity contribution in [3.63, 3.8) is 0 Å². The number of ether oxygens (including phenoxy) is 1. The number of aromatic nitrogens is 3. The fraction of sp³-hybridized carbons (Fsp3) is 0.0769. The second-order valence-electron chi connectivity index (χ2n) is 3.91. The SMILES string of the molecule is COc1cccc(-n2cc(I)c3c(Cl)ncnc32)c1. The molecular formula is C13H9ClIN3O. The van der Waals surface area contributed by atoms with Crippen molar-refractivity contribution >= 4 is 45.2 Å². The Hall–Kier alpha value is -1.34. The van der Waals surface area contributed by atoms with Crippen LogP contribution >= 0.6 is 34.2 Å². The summed E-state index contributed by atoms with van der Waals surface area (Å²) in [5.74, 6) is 0.800. The molecule has 3 aromatic rings. The van der Waals surface area contributed by atoms with E-state index < -0.39 is 0 Å². The molecule has 0 unspecified atom stereocenters. The van der Waals surface area contributed by atoms with Crippen molar-refractivity contribution in [2.24, 2.45) is 0 Å². The van der Waals surface area contributed by atoms with Gasteiger partial charge in [-0.25, -0.2) is 9.97 Å². The molecule has 3 rings (SSSR count). The van der Waals surface area contributed by atoms with Crippen LogP contribution in [0.5, 0.6) is 5.75 Å². The van der Waals surface area contributed by atoms with Crippen LogP contribution in [0.3, 0.4) is 0 Å². The van der Waals surface area contributed by atoms with E-state index in [-0.39, 0.29) is 0 Å². The van der Waals surface area contributed by atoms with E-state index in [2.05, 4.69) is 32.6 Å². The van der Waals surface area contributed by atoms with E-state index in [1.54, 1.807) is 7.11 Å². The highest BCUT2D eigenvalue weighted by atomic mass is 127. The highest BCUT2D eigenvalue weighted by molar-refractivity contribution is 14.1. The van der Waals surface area contributed by atoms with Gasteiger partial charge in [-0.15, -0.1) is 0 Å². The number of rotatable bonds is 2. The molecule has 0 atom stereocenters. The third-order valence-electron chi connectivity index (χ3n) is 2.82. The van der Waals surface area contributed by atoms with Crippen LogP contribution in [0, 0.1) is 3.57 Å². The molecule has 6 heteroatoms. The first-order chi connectivity index (χ1) is 9.20. The molecule has 0 aliphatic carbocycles. The number of hydrogen-bond acceptors (Lipinski definition) is 3. The molecule has 0 aliphatic heterocycles. The zero-order chi connectivity index (χ0) is 13.4. The Kier molecular flexibility index (Phi) is 3.32. The minimum atomic E-state index is 0.469. The minimum absolute atomic E-state index is 0.469. The number of benzene rings is 1. The minimum Gasteiger partial charge on any atom is -0.497 e. The summed E-state index contributed by atoms with van der Waals surface area (Å²) in [7, 11) is 1.65. The van der Waals surface area contributed by atoms with Gasteiger partial charge in [0.05, 0.1) is 18.2 Å². The topological polar surface area (TPSA) is 39.9 Å². The Bertz CT molecular complexity index is 757. The van der Waals surface area contributed by atoms with Crippen molar-refractivity contribution < 1.29 is 4.74 Å². The highest BCUT2D eigenvalue weighted by Gasteiger charge is 2.13. The number of methoxy groups -OCH3 is 1. The smallest absolute Gasteiger partial charge is 0.150 e. The molecule has 0 saturated carbocycles. The third kappa shape index (κ3) is 2.17. The van der Waals surface area contributed by atoms with Gasteiger partial charge in [0.25, 0.3) is 0 Å². The summed E-state index contributed by atoms with van der Waals surface area (Å²) >= 11 is 8.36. The first-order valence-corrected chi connectivity index (χ1v) is 6.98. The van der Waals surface area contributed by atoms with E-state index in [4.69, 9.17) is 16.3 Å². The van der Waals surface area contributed by atoms with Crippen molar-refractivity contribution in [3.8, 4) is 11.4 Å². The van der Waals surface area contributed by atoms with E-state index in [0.29, 0.717) is 5.15 Å². The van der Waals surface area contributed by atoms with Gasteiger partial charge in [-0.3, -0.25) is 4.57 Å². The Morgan fingerprint density at radius 2 is 2.16 bits per heavy atom. The zero-order valence-corrected chi connectivity index (χ0v) is 12.9. The molecule has 4 nitrogen and oxygen atoms in total. The van der Waals surface area contributed by atoms with Crippen molar-refractivity contribution in [2.75, 3.05) is 7.11 Å². The van der Waals surface area contributed by atoms with Gasteiger partial charge >= 0.3 is 0 Å². The molecule has 0 aliphatic rings. The van der Waals surface area contributed by atoms with Crippen LogP contribution in [0.15, 0.2) is 36.8 Å². The average Bonchev–Trinajstić information content (AvgIpc) is 2.78. The normalized spacial score (nSPS) is 10.9. The summed E-state index contributed by atoms with van der Waals surface area (Å²) < 4.78 is 8.24. The van der Waals surface area contributed by atoms with E-state index in [9.17, 15) is 0 Å². The predicted molar refractivity (Wildman–Crippen MR) is 83.1 cm³/mol. The average molecular weight is 386 g/mol.